The van der Waals surface area contributed by atoms with Crippen molar-refractivity contribution < 1.29 is 9.90 Å². The summed E-state index contributed by atoms with van der Waals surface area (Å²) < 4.78 is 1.55. The summed E-state index contributed by atoms with van der Waals surface area (Å²) in [6.45, 7) is 3.49. The van der Waals surface area contributed by atoms with Gasteiger partial charge in [-0.25, -0.2) is 14.6 Å². The van der Waals surface area contributed by atoms with E-state index in [2.05, 4.69) is 20.3 Å². The molecule has 26 heavy (non-hydrogen) atoms. The van der Waals surface area contributed by atoms with Crippen LogP contribution in [0.15, 0.2) is 6.20 Å². The van der Waals surface area contributed by atoms with E-state index < -0.39 is 11.4 Å². The van der Waals surface area contributed by atoms with Gasteiger partial charge in [0.1, 0.15) is 22.6 Å². The molecule has 136 valence electrons. The number of aromatic nitrogens is 5. The van der Waals surface area contributed by atoms with E-state index in [9.17, 15) is 9.90 Å². The Morgan fingerprint density at radius 3 is 2.88 bits per heavy atom. The summed E-state index contributed by atoms with van der Waals surface area (Å²) >= 11 is 1.70. The molecule has 0 atom stereocenters. The molecular weight excluding hydrogens is 352 g/mol. The summed E-state index contributed by atoms with van der Waals surface area (Å²) in [5, 5.41) is 18.3. The molecule has 4 rings (SSSR count). The molecular formula is C17H20N6O2S. The summed E-state index contributed by atoms with van der Waals surface area (Å²) in [5.41, 5.74) is 6.83. The van der Waals surface area contributed by atoms with Gasteiger partial charge in [0.2, 0.25) is 0 Å². The molecule has 0 saturated carbocycles. The SMILES string of the molecule is CC(C)(C(=O)O)c1cn(Cc2nc(N)c3c4c(sc3n2)CCCC4)nn1. The van der Waals surface area contributed by atoms with E-state index in [-0.39, 0.29) is 0 Å². The van der Waals surface area contributed by atoms with E-state index in [4.69, 9.17) is 5.73 Å². The molecule has 8 nitrogen and oxygen atoms in total. The largest absolute Gasteiger partial charge is 0.481 e. The number of carboxylic acids is 1. The predicted octanol–water partition coefficient (Wildman–Crippen LogP) is 2.15. The number of rotatable bonds is 4. The fraction of sp³-hybridized carbons (Fsp3) is 0.471. The molecule has 3 heterocycles. The lowest BCUT2D eigenvalue weighted by Gasteiger charge is -2.14. The Morgan fingerprint density at radius 1 is 1.35 bits per heavy atom. The summed E-state index contributed by atoms with van der Waals surface area (Å²) in [4.78, 5) is 22.8. The number of hydrogen-bond donors (Lipinski definition) is 2. The molecule has 0 bridgehead atoms. The van der Waals surface area contributed by atoms with Gasteiger partial charge in [0.15, 0.2) is 5.82 Å². The number of aryl methyl sites for hydroxylation is 2. The van der Waals surface area contributed by atoms with Crippen LogP contribution in [-0.4, -0.2) is 36.0 Å². The lowest BCUT2D eigenvalue weighted by molar-refractivity contribution is -0.142. The first-order chi connectivity index (χ1) is 12.4. The molecule has 0 fully saturated rings. The second kappa shape index (κ2) is 6.01. The number of nitrogens with zero attached hydrogens (tertiary/aromatic N) is 5. The Bertz CT molecular complexity index is 1010. The van der Waals surface area contributed by atoms with Crippen molar-refractivity contribution in [3.05, 3.63) is 28.2 Å². The number of thiophene rings is 1. The smallest absolute Gasteiger partial charge is 0.315 e. The van der Waals surface area contributed by atoms with E-state index >= 15 is 0 Å². The van der Waals surface area contributed by atoms with Crippen LogP contribution in [0.25, 0.3) is 10.2 Å². The van der Waals surface area contributed by atoms with Gasteiger partial charge in [-0.2, -0.15) is 0 Å². The average Bonchev–Trinajstić information content (AvgIpc) is 3.19. The monoisotopic (exact) mass is 372 g/mol. The molecule has 0 aliphatic heterocycles. The number of carbonyl (C=O) groups is 1. The van der Waals surface area contributed by atoms with Gasteiger partial charge >= 0.3 is 5.97 Å². The number of hydrogen-bond acceptors (Lipinski definition) is 7. The van der Waals surface area contributed by atoms with Gasteiger partial charge in [-0.3, -0.25) is 4.79 Å². The Hall–Kier alpha value is -2.55. The van der Waals surface area contributed by atoms with E-state index in [1.807, 2.05) is 0 Å². The minimum absolute atomic E-state index is 0.297. The van der Waals surface area contributed by atoms with Crippen LogP contribution in [0.3, 0.4) is 0 Å². The minimum Gasteiger partial charge on any atom is -0.481 e. The van der Waals surface area contributed by atoms with Crippen LogP contribution in [0, 0.1) is 0 Å². The molecule has 9 heteroatoms. The number of fused-ring (bicyclic) bond motifs is 3. The van der Waals surface area contributed by atoms with Gasteiger partial charge in [-0.15, -0.1) is 16.4 Å². The van der Waals surface area contributed by atoms with Crippen LogP contribution in [0.1, 0.15) is 48.6 Å². The van der Waals surface area contributed by atoms with E-state index in [1.54, 1.807) is 36.1 Å². The maximum absolute atomic E-state index is 11.4. The fourth-order valence-electron chi connectivity index (χ4n) is 3.22. The summed E-state index contributed by atoms with van der Waals surface area (Å²) in [6.07, 6.45) is 6.14. The standard InChI is InChI=1S/C17H20N6O2S/c1-17(2,16(24)25)11-7-23(22-21-11)8-12-19-14(18)13-9-5-3-4-6-10(9)26-15(13)20-12/h7H,3-6,8H2,1-2H3,(H,24,25)(H2,18,19,20). The van der Waals surface area contributed by atoms with E-state index in [1.165, 1.54) is 23.3 Å². The lowest BCUT2D eigenvalue weighted by Crippen LogP contribution is -2.28. The van der Waals surface area contributed by atoms with Crippen molar-refractivity contribution in [1.29, 1.82) is 0 Å². The van der Waals surface area contributed by atoms with Crippen molar-refractivity contribution in [2.24, 2.45) is 0 Å². The third-order valence-corrected chi connectivity index (χ3v) is 6.09. The van der Waals surface area contributed by atoms with E-state index in [0.717, 1.165) is 23.1 Å². The Morgan fingerprint density at radius 2 is 2.12 bits per heavy atom. The van der Waals surface area contributed by atoms with Gasteiger partial charge in [0.05, 0.1) is 17.3 Å². The molecule has 0 spiro atoms. The van der Waals surface area contributed by atoms with Crippen molar-refractivity contribution in [3.63, 3.8) is 0 Å². The van der Waals surface area contributed by atoms with Crippen molar-refractivity contribution >= 4 is 33.3 Å². The Kier molecular flexibility index (Phi) is 3.91. The second-order valence-electron chi connectivity index (χ2n) is 7.15. The normalized spacial score (nSPS) is 14.5. The highest BCUT2D eigenvalue weighted by atomic mass is 32.1. The highest BCUT2D eigenvalue weighted by Gasteiger charge is 2.32. The molecule has 3 aromatic heterocycles. The molecule has 0 radical (unpaired) electrons. The maximum Gasteiger partial charge on any atom is 0.315 e. The molecule has 3 aromatic rings. The third-order valence-electron chi connectivity index (χ3n) is 4.91. The van der Waals surface area contributed by atoms with Crippen LogP contribution in [-0.2, 0) is 29.6 Å². The highest BCUT2D eigenvalue weighted by molar-refractivity contribution is 7.19. The summed E-state index contributed by atoms with van der Waals surface area (Å²) in [6, 6.07) is 0. The third kappa shape index (κ3) is 2.72. The first-order valence-corrected chi connectivity index (χ1v) is 9.38. The van der Waals surface area contributed by atoms with Crippen molar-refractivity contribution in [1.82, 2.24) is 25.0 Å². The molecule has 3 N–H and O–H groups in total. The van der Waals surface area contributed by atoms with Gasteiger partial charge in [-0.1, -0.05) is 5.21 Å². The fourth-order valence-corrected chi connectivity index (χ4v) is 4.51. The lowest BCUT2D eigenvalue weighted by atomic mass is 9.90. The van der Waals surface area contributed by atoms with Gasteiger partial charge in [0, 0.05) is 4.88 Å². The molecule has 0 unspecified atom stereocenters. The summed E-state index contributed by atoms with van der Waals surface area (Å²) in [5.74, 6) is 0.115. The van der Waals surface area contributed by atoms with Crippen LogP contribution in [0.5, 0.6) is 0 Å². The van der Waals surface area contributed by atoms with Gasteiger partial charge < -0.3 is 10.8 Å². The quantitative estimate of drug-likeness (QED) is 0.720. The minimum atomic E-state index is -1.10. The number of aliphatic carboxylic acids is 1. The number of nitrogen functional groups attached to an aromatic ring is 1. The zero-order chi connectivity index (χ0) is 18.5. The average molecular weight is 372 g/mol. The Labute approximate surface area is 154 Å². The predicted molar refractivity (Wildman–Crippen MR) is 98.3 cm³/mol. The maximum atomic E-state index is 11.4. The first-order valence-electron chi connectivity index (χ1n) is 8.57. The Balaban J connectivity index is 1.66. The summed E-state index contributed by atoms with van der Waals surface area (Å²) in [7, 11) is 0. The van der Waals surface area contributed by atoms with Crippen LogP contribution in [0.2, 0.25) is 0 Å². The number of carboxylic acid groups (broad SMARTS) is 1. The molecule has 0 aromatic carbocycles. The van der Waals surface area contributed by atoms with Crippen molar-refractivity contribution in [3.8, 4) is 0 Å². The van der Waals surface area contributed by atoms with Crippen LogP contribution >= 0.6 is 11.3 Å². The molecule has 0 amide bonds. The van der Waals surface area contributed by atoms with Gasteiger partial charge in [-0.05, 0) is 45.1 Å². The van der Waals surface area contributed by atoms with Crippen LogP contribution in [0.4, 0.5) is 5.82 Å². The van der Waals surface area contributed by atoms with Crippen molar-refractivity contribution in [2.45, 2.75) is 51.5 Å². The van der Waals surface area contributed by atoms with Crippen molar-refractivity contribution in [2.75, 3.05) is 5.73 Å². The highest BCUT2D eigenvalue weighted by Crippen LogP contribution is 2.37. The zero-order valence-electron chi connectivity index (χ0n) is 14.7. The van der Waals surface area contributed by atoms with Gasteiger partial charge in [0.25, 0.3) is 0 Å². The zero-order valence-corrected chi connectivity index (χ0v) is 15.5. The van der Waals surface area contributed by atoms with E-state index in [0.29, 0.717) is 23.9 Å². The molecule has 0 saturated heterocycles. The number of anilines is 1. The first kappa shape index (κ1) is 16.9. The molecule has 1 aliphatic rings. The molecule has 1 aliphatic carbocycles. The second-order valence-corrected chi connectivity index (χ2v) is 8.23. The van der Waals surface area contributed by atoms with Crippen LogP contribution < -0.4 is 5.73 Å². The number of nitrogens with two attached hydrogens (primary N) is 1. The topological polar surface area (TPSA) is 120 Å².